The van der Waals surface area contributed by atoms with E-state index in [1.54, 1.807) is 12.3 Å². The molecule has 0 aliphatic carbocycles. The molecule has 0 atom stereocenters. The van der Waals surface area contributed by atoms with E-state index in [9.17, 15) is 20.0 Å². The first-order valence-electron chi connectivity index (χ1n) is 15.2. The Labute approximate surface area is 258 Å². The summed E-state index contributed by atoms with van der Waals surface area (Å²) >= 11 is 0. The Morgan fingerprint density at radius 2 is 1.75 bits per heavy atom. The topological polar surface area (TPSA) is 113 Å². The van der Waals surface area contributed by atoms with Gasteiger partial charge in [-0.2, -0.15) is 5.26 Å². The van der Waals surface area contributed by atoms with Crippen LogP contribution in [0.25, 0.3) is 21.7 Å². The number of piperazine rings is 1. The molecule has 0 radical (unpaired) electrons. The van der Waals surface area contributed by atoms with Crippen molar-refractivity contribution in [3.63, 3.8) is 0 Å². The van der Waals surface area contributed by atoms with Crippen LogP contribution >= 0.6 is 0 Å². The number of rotatable bonds is 9. The van der Waals surface area contributed by atoms with Crippen molar-refractivity contribution in [2.75, 3.05) is 51.1 Å². The second-order valence-electron chi connectivity index (χ2n) is 12.4. The average Bonchev–Trinajstić information content (AvgIpc) is 3.02. The number of nitriles is 1. The molecule has 2 N–H and O–H groups in total. The number of hydrogen-bond acceptors (Lipinski definition) is 6. The fourth-order valence-electron chi connectivity index (χ4n) is 5.82. The molecule has 1 aliphatic heterocycles. The highest BCUT2D eigenvalue weighted by Crippen LogP contribution is 2.24. The van der Waals surface area contributed by atoms with Crippen molar-refractivity contribution in [3.8, 4) is 6.07 Å². The molecule has 1 aliphatic rings. The van der Waals surface area contributed by atoms with Gasteiger partial charge in [0.25, 0.3) is 5.91 Å². The van der Waals surface area contributed by atoms with E-state index in [2.05, 4.69) is 39.5 Å². The van der Waals surface area contributed by atoms with Crippen LogP contribution in [0.4, 0.5) is 10.5 Å². The lowest BCUT2D eigenvalue weighted by Crippen LogP contribution is -2.50. The number of nitrogens with zero attached hydrogens (tertiary/aromatic N) is 5. The largest absolute Gasteiger partial charge is 0.465 e. The molecular weight excluding hydrogens is 552 g/mol. The summed E-state index contributed by atoms with van der Waals surface area (Å²) in [5.41, 5.74) is 3.90. The third-order valence-electron chi connectivity index (χ3n) is 8.31. The smallest absolute Gasteiger partial charge is 0.407 e. The van der Waals surface area contributed by atoms with Crippen LogP contribution in [-0.4, -0.2) is 88.1 Å². The summed E-state index contributed by atoms with van der Waals surface area (Å²) in [4.78, 5) is 35.0. The number of fused-ring (bicyclic) bond motifs is 2. The molecule has 9 nitrogen and oxygen atoms in total. The van der Waals surface area contributed by atoms with Gasteiger partial charge in [-0.05, 0) is 92.9 Å². The molecule has 0 saturated carbocycles. The number of amides is 2. The van der Waals surface area contributed by atoms with Crippen molar-refractivity contribution in [1.82, 2.24) is 19.7 Å². The van der Waals surface area contributed by atoms with Crippen LogP contribution in [0.3, 0.4) is 0 Å². The maximum absolute atomic E-state index is 13.3. The molecule has 1 aromatic heterocycles. The van der Waals surface area contributed by atoms with E-state index < -0.39 is 11.6 Å². The average molecular weight is 593 g/mol. The summed E-state index contributed by atoms with van der Waals surface area (Å²) in [7, 11) is 0. The van der Waals surface area contributed by atoms with Crippen molar-refractivity contribution in [1.29, 1.82) is 5.26 Å². The zero-order chi connectivity index (χ0) is 31.3. The molecule has 5 rings (SSSR count). The first kappa shape index (κ1) is 30.8. The predicted octanol–water partition coefficient (Wildman–Crippen LogP) is 5.84. The zero-order valence-corrected chi connectivity index (χ0v) is 25.7. The van der Waals surface area contributed by atoms with Crippen LogP contribution in [0, 0.1) is 11.3 Å². The molecule has 0 spiro atoms. The van der Waals surface area contributed by atoms with Crippen molar-refractivity contribution in [2.45, 2.75) is 39.2 Å². The number of anilines is 1. The van der Waals surface area contributed by atoms with Crippen molar-refractivity contribution < 1.29 is 14.7 Å². The van der Waals surface area contributed by atoms with Crippen LogP contribution < -0.4 is 5.32 Å². The second kappa shape index (κ2) is 13.3. The molecule has 2 heterocycles. The molecule has 4 aromatic rings. The van der Waals surface area contributed by atoms with Gasteiger partial charge in [-0.25, -0.2) is 4.79 Å². The van der Waals surface area contributed by atoms with Gasteiger partial charge in [0.05, 0.1) is 17.1 Å². The lowest BCUT2D eigenvalue weighted by Gasteiger charge is -2.36. The van der Waals surface area contributed by atoms with Crippen LogP contribution in [0.1, 0.15) is 48.7 Å². The Morgan fingerprint density at radius 1 is 1.00 bits per heavy atom. The highest BCUT2D eigenvalue weighted by atomic mass is 16.4. The lowest BCUT2D eigenvalue weighted by molar-refractivity contribution is 0.0617. The fourth-order valence-corrected chi connectivity index (χ4v) is 5.82. The van der Waals surface area contributed by atoms with Gasteiger partial charge in [0.1, 0.15) is 0 Å². The summed E-state index contributed by atoms with van der Waals surface area (Å²) in [6.45, 7) is 10.7. The second-order valence-corrected chi connectivity index (χ2v) is 12.4. The van der Waals surface area contributed by atoms with Gasteiger partial charge < -0.3 is 20.2 Å². The number of hydrogen-bond donors (Lipinski definition) is 2. The van der Waals surface area contributed by atoms with Crippen LogP contribution in [0.5, 0.6) is 0 Å². The normalized spacial score (nSPS) is 14.0. The Balaban J connectivity index is 1.13. The lowest BCUT2D eigenvalue weighted by atomic mass is 10.0. The minimum absolute atomic E-state index is 0.0498. The zero-order valence-electron chi connectivity index (χ0n) is 25.7. The van der Waals surface area contributed by atoms with Gasteiger partial charge in [-0.3, -0.25) is 14.7 Å². The summed E-state index contributed by atoms with van der Waals surface area (Å²) < 4.78 is 0. The Bertz CT molecular complexity index is 1700. The van der Waals surface area contributed by atoms with E-state index in [1.807, 2.05) is 62.1 Å². The number of carboxylic acid groups (broad SMARTS) is 1. The molecule has 1 fully saturated rings. The number of benzene rings is 3. The first-order chi connectivity index (χ1) is 21.1. The third-order valence-corrected chi connectivity index (χ3v) is 8.31. The van der Waals surface area contributed by atoms with E-state index in [0.717, 1.165) is 66.4 Å². The Hall–Kier alpha value is -4.68. The molecule has 0 bridgehead atoms. The van der Waals surface area contributed by atoms with Gasteiger partial charge in [0.15, 0.2) is 0 Å². The minimum atomic E-state index is -0.886. The molecule has 44 heavy (non-hydrogen) atoms. The van der Waals surface area contributed by atoms with Gasteiger partial charge in [0.2, 0.25) is 0 Å². The standard InChI is InChI=1S/C35H40N6O3/c1-35(2,3)41(34(43)44)16-4-15-39-17-19-40(20-18-39)33(42)29-9-8-27-21-25(5-7-28(27)23-29)11-13-37-32-12-14-38-31-10-6-26(24-36)22-30(31)32/h5-10,12,14,21-23H,4,11,13,15-20H2,1-3H3,(H,37,38)(H,43,44). The van der Waals surface area contributed by atoms with Gasteiger partial charge in [0, 0.05) is 67.6 Å². The van der Waals surface area contributed by atoms with E-state index >= 15 is 0 Å². The van der Waals surface area contributed by atoms with E-state index in [4.69, 9.17) is 0 Å². The van der Waals surface area contributed by atoms with Crippen LogP contribution in [0.2, 0.25) is 0 Å². The Morgan fingerprint density at radius 3 is 2.48 bits per heavy atom. The number of aromatic nitrogens is 1. The fraction of sp³-hybridized carbons (Fsp3) is 0.371. The molecule has 2 amide bonds. The van der Waals surface area contributed by atoms with Crippen molar-refractivity contribution in [2.24, 2.45) is 0 Å². The highest BCUT2D eigenvalue weighted by Gasteiger charge is 2.26. The van der Waals surface area contributed by atoms with Gasteiger partial charge in [-0.1, -0.05) is 24.3 Å². The molecule has 9 heteroatoms. The van der Waals surface area contributed by atoms with E-state index in [-0.39, 0.29) is 5.91 Å². The van der Waals surface area contributed by atoms with Crippen LogP contribution in [-0.2, 0) is 6.42 Å². The summed E-state index contributed by atoms with van der Waals surface area (Å²) in [5.74, 6) is 0.0498. The monoisotopic (exact) mass is 592 g/mol. The highest BCUT2D eigenvalue weighted by molar-refractivity contribution is 5.99. The third kappa shape index (κ3) is 7.26. The SMILES string of the molecule is CC(C)(C)N(CCCN1CCN(C(=O)c2ccc3cc(CCNc4ccnc5ccc(C#N)cc45)ccc3c2)CC1)C(=O)O. The van der Waals surface area contributed by atoms with Crippen molar-refractivity contribution >= 4 is 39.4 Å². The maximum atomic E-state index is 13.3. The summed E-state index contributed by atoms with van der Waals surface area (Å²) in [6.07, 6.45) is 2.48. The molecular formula is C35H40N6O3. The van der Waals surface area contributed by atoms with E-state index in [0.29, 0.717) is 30.8 Å². The minimum Gasteiger partial charge on any atom is -0.465 e. The number of nitrogens with one attached hydrogen (secondary N) is 1. The number of carbonyl (C=O) groups is 2. The quantitative estimate of drug-likeness (QED) is 0.251. The summed E-state index contributed by atoms with van der Waals surface area (Å²) in [6, 6.07) is 21.9. The van der Waals surface area contributed by atoms with Crippen LogP contribution in [0.15, 0.2) is 66.9 Å². The van der Waals surface area contributed by atoms with Gasteiger partial charge in [-0.15, -0.1) is 0 Å². The molecule has 1 saturated heterocycles. The molecule has 228 valence electrons. The first-order valence-corrected chi connectivity index (χ1v) is 15.2. The maximum Gasteiger partial charge on any atom is 0.407 e. The van der Waals surface area contributed by atoms with Gasteiger partial charge >= 0.3 is 6.09 Å². The number of pyridine rings is 1. The summed E-state index contributed by atoms with van der Waals surface area (Å²) in [5, 5.41) is 25.3. The molecule has 3 aromatic carbocycles. The van der Waals surface area contributed by atoms with E-state index in [1.165, 1.54) is 10.5 Å². The Kier molecular flexibility index (Phi) is 9.31. The number of carbonyl (C=O) groups excluding carboxylic acids is 1. The van der Waals surface area contributed by atoms with Crippen molar-refractivity contribution in [3.05, 3.63) is 83.6 Å². The molecule has 0 unspecified atom stereocenters. The predicted molar refractivity (Wildman–Crippen MR) is 174 cm³/mol.